The van der Waals surface area contributed by atoms with Crippen molar-refractivity contribution in [1.29, 1.82) is 0 Å². The number of rotatable bonds is 3. The topological polar surface area (TPSA) is 47.6 Å². The molecule has 1 aromatic rings. The molecule has 0 spiro atoms. The molecule has 2 aliphatic heterocycles. The molecule has 0 aromatic heterocycles. The van der Waals surface area contributed by atoms with Crippen molar-refractivity contribution in [2.24, 2.45) is 0 Å². The van der Waals surface area contributed by atoms with E-state index < -0.39 is 0 Å². The van der Waals surface area contributed by atoms with Gasteiger partial charge in [0, 0.05) is 50.1 Å². The molecule has 5 heteroatoms. The third kappa shape index (κ3) is 5.35. The number of hydrogen-bond acceptors (Lipinski definition) is 4. The van der Waals surface area contributed by atoms with Crippen LogP contribution in [-0.2, 0) is 4.79 Å². The van der Waals surface area contributed by atoms with E-state index in [0.29, 0.717) is 6.54 Å². The molecule has 2 N–H and O–H groups in total. The quantitative estimate of drug-likeness (QED) is 0.751. The molecule has 5 nitrogen and oxygen atoms in total. The molecule has 2 heterocycles. The molecule has 0 saturated carbocycles. The van der Waals surface area contributed by atoms with Crippen LogP contribution in [0.5, 0.6) is 0 Å². The Morgan fingerprint density at radius 1 is 1.17 bits per heavy atom. The molecule has 0 radical (unpaired) electrons. The van der Waals surface area contributed by atoms with Gasteiger partial charge in [-0.3, -0.25) is 4.79 Å². The highest BCUT2D eigenvalue weighted by molar-refractivity contribution is 5.74. The molecular weight excluding hydrogens is 372 g/mol. The zero-order chi connectivity index (χ0) is 21.3. The van der Waals surface area contributed by atoms with Gasteiger partial charge in [-0.05, 0) is 17.6 Å². The van der Waals surface area contributed by atoms with Crippen molar-refractivity contribution < 1.29 is 4.79 Å². The van der Waals surface area contributed by atoms with Crippen LogP contribution < -0.4 is 10.6 Å². The minimum absolute atomic E-state index is 0.135. The number of nitrogens with zero attached hydrogens (tertiary/aromatic N) is 2. The molecule has 1 saturated heterocycles. The van der Waals surface area contributed by atoms with Gasteiger partial charge in [-0.15, -0.1) is 0 Å². The second-order valence-corrected chi connectivity index (χ2v) is 7.47. The summed E-state index contributed by atoms with van der Waals surface area (Å²) in [6.45, 7) is 9.52. The smallest absolute Gasteiger partial charge is 0.219 e. The molecule has 1 aliphatic carbocycles. The van der Waals surface area contributed by atoms with Gasteiger partial charge in [-0.1, -0.05) is 68.5 Å². The van der Waals surface area contributed by atoms with Crippen LogP contribution in [0.4, 0.5) is 0 Å². The van der Waals surface area contributed by atoms with Gasteiger partial charge >= 0.3 is 0 Å². The Morgan fingerprint density at radius 3 is 2.67 bits per heavy atom. The molecule has 1 unspecified atom stereocenters. The third-order valence-corrected chi connectivity index (χ3v) is 5.53. The van der Waals surface area contributed by atoms with Crippen LogP contribution in [0.25, 0.3) is 0 Å². The first-order valence-corrected chi connectivity index (χ1v) is 11.0. The third-order valence-electron chi connectivity index (χ3n) is 5.53. The Kier molecular flexibility index (Phi) is 7.77. The van der Waals surface area contributed by atoms with Gasteiger partial charge < -0.3 is 20.4 Å². The van der Waals surface area contributed by atoms with Crippen LogP contribution in [0.3, 0.4) is 0 Å². The average Bonchev–Trinajstić information content (AvgIpc) is 3.21. The predicted octanol–water partition coefficient (Wildman–Crippen LogP) is 3.72. The Hall–Kier alpha value is -2.95. The minimum atomic E-state index is 0.135. The zero-order valence-corrected chi connectivity index (χ0v) is 18.4. The minimum Gasteiger partial charge on any atom is -0.372 e. The maximum absolute atomic E-state index is 12.2. The monoisotopic (exact) mass is 406 g/mol. The van der Waals surface area contributed by atoms with Gasteiger partial charge in [0.05, 0.1) is 13.2 Å². The number of fused-ring (bicyclic) bond motifs is 1. The number of hydrogen-bond donors (Lipinski definition) is 2. The summed E-state index contributed by atoms with van der Waals surface area (Å²) < 4.78 is 0. The highest BCUT2D eigenvalue weighted by Gasteiger charge is 2.25. The summed E-state index contributed by atoms with van der Waals surface area (Å²) in [5, 5.41) is 6.60. The lowest BCUT2D eigenvalue weighted by molar-refractivity contribution is -0.128. The van der Waals surface area contributed by atoms with Gasteiger partial charge in [0.15, 0.2) is 0 Å². The lowest BCUT2D eigenvalue weighted by Crippen LogP contribution is -2.34. The van der Waals surface area contributed by atoms with Crippen molar-refractivity contribution in [3.63, 3.8) is 0 Å². The summed E-state index contributed by atoms with van der Waals surface area (Å²) in [6, 6.07) is 10.6. The predicted molar refractivity (Wildman–Crippen MR) is 124 cm³/mol. The summed E-state index contributed by atoms with van der Waals surface area (Å²) in [5.74, 6) is 0.356. The van der Waals surface area contributed by atoms with E-state index in [9.17, 15) is 4.79 Å². The van der Waals surface area contributed by atoms with Gasteiger partial charge in [-0.25, -0.2) is 0 Å². The van der Waals surface area contributed by atoms with Crippen molar-refractivity contribution >= 4 is 5.91 Å². The molecule has 160 valence electrons. The highest BCUT2D eigenvalue weighted by Crippen LogP contribution is 2.29. The number of benzene rings is 1. The Labute approximate surface area is 180 Å². The second kappa shape index (κ2) is 10.7. The average molecular weight is 407 g/mol. The Balaban J connectivity index is 0.00000124. The number of nitrogens with one attached hydrogen (secondary N) is 2. The highest BCUT2D eigenvalue weighted by atomic mass is 16.2. The number of carbonyl (C=O) groups is 1. The van der Waals surface area contributed by atoms with Crippen molar-refractivity contribution in [2.45, 2.75) is 33.1 Å². The van der Waals surface area contributed by atoms with Gasteiger partial charge in [0.2, 0.25) is 5.91 Å². The van der Waals surface area contributed by atoms with Crippen LogP contribution in [0.1, 0.15) is 38.7 Å². The normalized spacial score (nSPS) is 24.1. The molecule has 3 aliphatic rings. The first kappa shape index (κ1) is 21.8. The van der Waals surface area contributed by atoms with E-state index in [1.807, 2.05) is 24.9 Å². The molecule has 30 heavy (non-hydrogen) atoms. The summed E-state index contributed by atoms with van der Waals surface area (Å²) in [7, 11) is 0. The molecule has 1 fully saturated rings. The summed E-state index contributed by atoms with van der Waals surface area (Å²) in [4.78, 5) is 16.6. The van der Waals surface area contributed by atoms with Crippen molar-refractivity contribution in [3.8, 4) is 0 Å². The Morgan fingerprint density at radius 2 is 1.97 bits per heavy atom. The van der Waals surface area contributed by atoms with Crippen molar-refractivity contribution in [2.75, 3.05) is 32.8 Å². The number of allylic oxidation sites excluding steroid dienone is 4. The lowest BCUT2D eigenvalue weighted by Gasteiger charge is -2.28. The SMILES string of the molecule is CC.CC(=O)N1CCN(CC2=CNCN2)C2=C/CC=CC(c3ccccc3)/C=C\2C1. The van der Waals surface area contributed by atoms with E-state index in [2.05, 4.69) is 70.2 Å². The molecule has 4 rings (SSSR count). The number of carbonyl (C=O) groups excluding carboxylic acids is 1. The van der Waals surface area contributed by atoms with E-state index in [1.165, 1.54) is 22.5 Å². The van der Waals surface area contributed by atoms with Gasteiger partial charge in [0.25, 0.3) is 0 Å². The number of amides is 1. The first-order valence-electron chi connectivity index (χ1n) is 11.0. The standard InChI is InChI=1S/C23H28N4O.C2H6/c1-18(28)26-11-12-27(16-22-14-24-17-25-22)23-10-6-5-9-20(13-21(23)15-26)19-7-3-2-4-8-19;1-2/h2-5,7-10,13-14,20,24-25H,6,11-12,15-17H2,1H3;1-2H3/b9-5?,21-13-,23-10+;. The van der Waals surface area contributed by atoms with Gasteiger partial charge in [-0.2, -0.15) is 0 Å². The molecular formula is C25H34N4O. The van der Waals surface area contributed by atoms with Crippen LogP contribution in [-0.4, -0.2) is 48.6 Å². The summed E-state index contributed by atoms with van der Waals surface area (Å²) in [5.41, 5.74) is 4.96. The molecule has 1 amide bonds. The van der Waals surface area contributed by atoms with E-state index in [1.54, 1.807) is 6.92 Å². The van der Waals surface area contributed by atoms with Crippen molar-refractivity contribution in [1.82, 2.24) is 20.4 Å². The van der Waals surface area contributed by atoms with Crippen LogP contribution >= 0.6 is 0 Å². The maximum Gasteiger partial charge on any atom is 0.219 e. The van der Waals surface area contributed by atoms with Gasteiger partial charge in [0.1, 0.15) is 0 Å². The fourth-order valence-corrected chi connectivity index (χ4v) is 4.02. The second-order valence-electron chi connectivity index (χ2n) is 7.47. The first-order chi connectivity index (χ1) is 14.7. The molecule has 1 atom stereocenters. The Bertz CT molecular complexity index is 838. The van der Waals surface area contributed by atoms with E-state index in [-0.39, 0.29) is 11.8 Å². The largest absolute Gasteiger partial charge is 0.372 e. The lowest BCUT2D eigenvalue weighted by atomic mass is 9.92. The van der Waals surface area contributed by atoms with Crippen LogP contribution in [0.2, 0.25) is 0 Å². The van der Waals surface area contributed by atoms with Crippen LogP contribution in [0.15, 0.2) is 77.8 Å². The zero-order valence-electron chi connectivity index (χ0n) is 18.4. The molecule has 0 bridgehead atoms. The van der Waals surface area contributed by atoms with E-state index >= 15 is 0 Å². The fraction of sp³-hybridized carbons (Fsp3) is 0.400. The summed E-state index contributed by atoms with van der Waals surface area (Å²) in [6.07, 6.45) is 12.1. The molecule has 1 aromatic carbocycles. The fourth-order valence-electron chi connectivity index (χ4n) is 4.02. The van der Waals surface area contributed by atoms with E-state index in [0.717, 1.165) is 32.7 Å². The van der Waals surface area contributed by atoms with Crippen LogP contribution in [0, 0.1) is 0 Å². The van der Waals surface area contributed by atoms with Crippen molar-refractivity contribution in [3.05, 3.63) is 83.4 Å². The maximum atomic E-state index is 12.2. The summed E-state index contributed by atoms with van der Waals surface area (Å²) >= 11 is 0. The van der Waals surface area contributed by atoms with E-state index in [4.69, 9.17) is 0 Å².